The number of ether oxygens (including phenoxy) is 1. The number of aryl methyl sites for hydroxylation is 2. The third-order valence-corrected chi connectivity index (χ3v) is 5.40. The van der Waals surface area contributed by atoms with E-state index in [-0.39, 0.29) is 24.5 Å². The van der Waals surface area contributed by atoms with Gasteiger partial charge in [0.25, 0.3) is 0 Å². The van der Waals surface area contributed by atoms with Crippen molar-refractivity contribution in [2.24, 2.45) is 0 Å². The number of fused-ring (bicyclic) bond motifs is 1. The highest BCUT2D eigenvalue weighted by atomic mass is 16.5. The van der Waals surface area contributed by atoms with Crippen molar-refractivity contribution >= 4 is 17.4 Å². The van der Waals surface area contributed by atoms with Crippen LogP contribution in [0.1, 0.15) is 23.4 Å². The minimum absolute atomic E-state index is 0.0363. The van der Waals surface area contributed by atoms with Gasteiger partial charge in [0, 0.05) is 44.4 Å². The summed E-state index contributed by atoms with van der Waals surface area (Å²) >= 11 is 0. The number of pyridine rings is 1. The van der Waals surface area contributed by atoms with E-state index in [1.54, 1.807) is 13.4 Å². The molecule has 0 radical (unpaired) electrons. The molecule has 0 spiro atoms. The Bertz CT molecular complexity index is 1020. The van der Waals surface area contributed by atoms with Crippen LogP contribution in [0.2, 0.25) is 0 Å². The van der Waals surface area contributed by atoms with Crippen molar-refractivity contribution in [3.05, 3.63) is 53.9 Å². The fraction of sp³-hybridized carbons (Fsp3) is 0.429. The van der Waals surface area contributed by atoms with Gasteiger partial charge in [-0.3, -0.25) is 4.79 Å². The Balaban J connectivity index is 1.40. The standard InChI is InChI=1S/C21H26N6O2/c1-14-5-4-6-26-11-16(25-21(14)26)8-20(28)22-10-17-9-18(29-3)12-27(17)19-7-15(2)23-13-24-19/h4-7,11,13,17-18H,8-10,12H2,1-3H3,(H,22,28)/t17-,18-/m1/s1. The van der Waals surface area contributed by atoms with Gasteiger partial charge >= 0.3 is 0 Å². The first-order chi connectivity index (χ1) is 14.0. The Hall–Kier alpha value is -3.00. The van der Waals surface area contributed by atoms with Crippen LogP contribution in [0.5, 0.6) is 0 Å². The molecule has 8 heteroatoms. The molecule has 1 aliphatic rings. The van der Waals surface area contributed by atoms with Crippen molar-refractivity contribution in [3.8, 4) is 0 Å². The SMILES string of the molecule is CO[C@@H]1C[C@H](CNC(=O)Cc2cn3cccc(C)c3n2)N(c2cc(C)ncn2)C1. The van der Waals surface area contributed by atoms with E-state index in [0.29, 0.717) is 6.54 Å². The Kier molecular flexibility index (Phi) is 5.44. The van der Waals surface area contributed by atoms with Crippen molar-refractivity contribution in [2.45, 2.75) is 38.8 Å². The lowest BCUT2D eigenvalue weighted by Gasteiger charge is -2.25. The molecule has 1 N–H and O–H groups in total. The molecule has 29 heavy (non-hydrogen) atoms. The van der Waals surface area contributed by atoms with Gasteiger partial charge in [-0.1, -0.05) is 6.07 Å². The number of anilines is 1. The van der Waals surface area contributed by atoms with Gasteiger partial charge < -0.3 is 19.4 Å². The second kappa shape index (κ2) is 8.16. The lowest BCUT2D eigenvalue weighted by atomic mass is 10.2. The number of hydrogen-bond donors (Lipinski definition) is 1. The van der Waals surface area contributed by atoms with Gasteiger partial charge in [-0.25, -0.2) is 15.0 Å². The predicted molar refractivity (Wildman–Crippen MR) is 110 cm³/mol. The van der Waals surface area contributed by atoms with E-state index in [1.807, 2.05) is 48.8 Å². The molecule has 0 saturated carbocycles. The zero-order chi connectivity index (χ0) is 20.4. The number of aromatic nitrogens is 4. The van der Waals surface area contributed by atoms with Gasteiger partial charge in [0.05, 0.1) is 24.3 Å². The largest absolute Gasteiger partial charge is 0.380 e. The normalized spacial score (nSPS) is 19.1. The van der Waals surface area contributed by atoms with Crippen LogP contribution in [0, 0.1) is 13.8 Å². The lowest BCUT2D eigenvalue weighted by Crippen LogP contribution is -2.41. The third-order valence-electron chi connectivity index (χ3n) is 5.40. The van der Waals surface area contributed by atoms with Gasteiger partial charge in [0.2, 0.25) is 5.91 Å². The van der Waals surface area contributed by atoms with Crippen LogP contribution in [0.25, 0.3) is 5.65 Å². The molecule has 1 fully saturated rings. The van der Waals surface area contributed by atoms with Crippen molar-refractivity contribution in [1.29, 1.82) is 0 Å². The number of methoxy groups -OCH3 is 1. The highest BCUT2D eigenvalue weighted by molar-refractivity contribution is 5.78. The van der Waals surface area contributed by atoms with Crippen LogP contribution in [0.15, 0.2) is 36.9 Å². The second-order valence-electron chi connectivity index (χ2n) is 7.55. The monoisotopic (exact) mass is 394 g/mol. The average Bonchev–Trinajstić information content (AvgIpc) is 3.31. The molecular weight excluding hydrogens is 368 g/mol. The molecule has 1 aliphatic heterocycles. The predicted octanol–water partition coefficient (Wildman–Crippen LogP) is 1.69. The van der Waals surface area contributed by atoms with E-state index in [4.69, 9.17) is 4.74 Å². The van der Waals surface area contributed by atoms with Crippen LogP contribution in [-0.2, 0) is 16.0 Å². The molecule has 0 aliphatic carbocycles. The molecule has 3 aromatic heterocycles. The highest BCUT2D eigenvalue weighted by Crippen LogP contribution is 2.25. The van der Waals surface area contributed by atoms with E-state index >= 15 is 0 Å². The maximum atomic E-state index is 12.5. The summed E-state index contributed by atoms with van der Waals surface area (Å²) in [5, 5.41) is 3.06. The Morgan fingerprint density at radius 2 is 2.21 bits per heavy atom. The van der Waals surface area contributed by atoms with Gasteiger partial charge in [-0.15, -0.1) is 0 Å². The van der Waals surface area contributed by atoms with E-state index in [2.05, 4.69) is 25.2 Å². The van der Waals surface area contributed by atoms with Crippen molar-refractivity contribution < 1.29 is 9.53 Å². The topological polar surface area (TPSA) is 84.6 Å². The van der Waals surface area contributed by atoms with E-state index in [0.717, 1.165) is 41.4 Å². The molecule has 8 nitrogen and oxygen atoms in total. The molecule has 4 rings (SSSR count). The van der Waals surface area contributed by atoms with Crippen LogP contribution < -0.4 is 10.2 Å². The van der Waals surface area contributed by atoms with Gasteiger partial charge in [-0.05, 0) is 31.9 Å². The summed E-state index contributed by atoms with van der Waals surface area (Å²) in [5.41, 5.74) is 3.66. The fourth-order valence-corrected chi connectivity index (χ4v) is 3.86. The van der Waals surface area contributed by atoms with Crippen LogP contribution in [-0.4, -0.2) is 57.6 Å². The molecule has 0 aromatic carbocycles. The molecular formula is C21H26N6O2. The summed E-state index contributed by atoms with van der Waals surface area (Å²) in [6, 6.07) is 6.08. The number of rotatable bonds is 6. The van der Waals surface area contributed by atoms with Gasteiger partial charge in [0.1, 0.15) is 17.8 Å². The molecule has 4 heterocycles. The molecule has 1 saturated heterocycles. The molecule has 152 valence electrons. The fourth-order valence-electron chi connectivity index (χ4n) is 3.86. The number of amides is 1. The van der Waals surface area contributed by atoms with Crippen molar-refractivity contribution in [3.63, 3.8) is 0 Å². The minimum Gasteiger partial charge on any atom is -0.380 e. The molecule has 1 amide bonds. The van der Waals surface area contributed by atoms with E-state index < -0.39 is 0 Å². The maximum Gasteiger partial charge on any atom is 0.226 e. The number of carbonyl (C=O) groups is 1. The smallest absolute Gasteiger partial charge is 0.226 e. The third kappa shape index (κ3) is 4.22. The summed E-state index contributed by atoms with van der Waals surface area (Å²) in [6.07, 6.45) is 6.65. The van der Waals surface area contributed by atoms with Crippen LogP contribution in [0.4, 0.5) is 5.82 Å². The summed E-state index contributed by atoms with van der Waals surface area (Å²) in [5.74, 6) is 0.831. The van der Waals surface area contributed by atoms with Crippen LogP contribution >= 0.6 is 0 Å². The first-order valence-electron chi connectivity index (χ1n) is 9.81. The second-order valence-corrected chi connectivity index (χ2v) is 7.55. The quantitative estimate of drug-likeness (QED) is 0.685. The van der Waals surface area contributed by atoms with Crippen LogP contribution in [0.3, 0.4) is 0 Å². The summed E-state index contributed by atoms with van der Waals surface area (Å²) < 4.78 is 7.52. The number of carbonyl (C=O) groups excluding carboxylic acids is 1. The first-order valence-corrected chi connectivity index (χ1v) is 9.81. The van der Waals surface area contributed by atoms with Crippen molar-refractivity contribution in [1.82, 2.24) is 24.7 Å². The average molecular weight is 394 g/mol. The number of imidazole rings is 1. The molecule has 2 atom stereocenters. The summed E-state index contributed by atoms with van der Waals surface area (Å²) in [6.45, 7) is 5.25. The summed E-state index contributed by atoms with van der Waals surface area (Å²) in [4.78, 5) is 27.9. The number of nitrogens with zero attached hydrogens (tertiary/aromatic N) is 5. The molecule has 0 bridgehead atoms. The summed E-state index contributed by atoms with van der Waals surface area (Å²) in [7, 11) is 1.72. The Labute approximate surface area is 169 Å². The maximum absolute atomic E-state index is 12.5. The molecule has 3 aromatic rings. The number of nitrogens with one attached hydrogen (secondary N) is 1. The lowest BCUT2D eigenvalue weighted by molar-refractivity contribution is -0.120. The van der Waals surface area contributed by atoms with Gasteiger partial charge in [-0.2, -0.15) is 0 Å². The first kappa shape index (κ1) is 19.3. The minimum atomic E-state index is -0.0363. The molecule has 0 unspecified atom stereocenters. The zero-order valence-corrected chi connectivity index (χ0v) is 17.0. The number of hydrogen-bond acceptors (Lipinski definition) is 6. The zero-order valence-electron chi connectivity index (χ0n) is 17.0. The van der Waals surface area contributed by atoms with Gasteiger partial charge in [0.15, 0.2) is 0 Å². The Morgan fingerprint density at radius 3 is 2.97 bits per heavy atom. The van der Waals surface area contributed by atoms with E-state index in [1.165, 1.54) is 0 Å². The Morgan fingerprint density at radius 1 is 1.34 bits per heavy atom. The highest BCUT2D eigenvalue weighted by Gasteiger charge is 2.33. The van der Waals surface area contributed by atoms with Crippen molar-refractivity contribution in [2.75, 3.05) is 25.1 Å². The van der Waals surface area contributed by atoms with E-state index in [9.17, 15) is 4.79 Å².